The Morgan fingerprint density at radius 2 is 1.96 bits per heavy atom. The molecule has 0 aliphatic rings. The highest BCUT2D eigenvalue weighted by Gasteiger charge is 2.19. The summed E-state index contributed by atoms with van der Waals surface area (Å²) in [6.45, 7) is 0.496. The second-order valence-corrected chi connectivity index (χ2v) is 6.30. The van der Waals surface area contributed by atoms with E-state index in [-0.39, 0.29) is 11.9 Å². The van der Waals surface area contributed by atoms with Gasteiger partial charge >= 0.3 is 0 Å². The first-order chi connectivity index (χ1) is 13.1. The van der Waals surface area contributed by atoms with Crippen LogP contribution in [-0.4, -0.2) is 39.6 Å². The number of aromatic nitrogens is 3. The molecular weight excluding hydrogens is 342 g/mol. The van der Waals surface area contributed by atoms with E-state index in [1.165, 1.54) is 4.52 Å². The predicted molar refractivity (Wildman–Crippen MR) is 104 cm³/mol. The van der Waals surface area contributed by atoms with Crippen molar-refractivity contribution in [3.05, 3.63) is 65.9 Å². The Morgan fingerprint density at radius 1 is 1.19 bits per heavy atom. The molecule has 27 heavy (non-hydrogen) atoms. The average molecular weight is 361 g/mol. The van der Waals surface area contributed by atoms with Gasteiger partial charge in [-0.05, 0) is 17.7 Å². The zero-order chi connectivity index (χ0) is 19.0. The Balaban J connectivity index is 1.76. The summed E-state index contributed by atoms with van der Waals surface area (Å²) in [6, 6.07) is 17.1. The lowest BCUT2D eigenvalue weighted by molar-refractivity contribution is 0.0779. The number of methoxy groups -OCH3 is 1. The molecule has 136 valence electrons. The van der Waals surface area contributed by atoms with Crippen LogP contribution in [0.25, 0.3) is 16.4 Å². The molecule has 0 bridgehead atoms. The van der Waals surface area contributed by atoms with Crippen LogP contribution in [0, 0.1) is 0 Å². The van der Waals surface area contributed by atoms with Gasteiger partial charge in [0, 0.05) is 19.0 Å². The normalized spacial score (nSPS) is 11.0. The molecule has 1 amide bonds. The van der Waals surface area contributed by atoms with Gasteiger partial charge < -0.3 is 15.4 Å². The van der Waals surface area contributed by atoms with Gasteiger partial charge in [0.25, 0.3) is 5.91 Å². The summed E-state index contributed by atoms with van der Waals surface area (Å²) in [5, 5.41) is 5.20. The highest BCUT2D eigenvalue weighted by molar-refractivity contribution is 6.01. The van der Waals surface area contributed by atoms with Crippen LogP contribution in [-0.2, 0) is 6.54 Å². The number of ether oxygens (including phenoxy) is 1. The summed E-state index contributed by atoms with van der Waals surface area (Å²) in [5.41, 5.74) is 8.79. The van der Waals surface area contributed by atoms with Crippen LogP contribution in [0.15, 0.2) is 54.6 Å². The number of fused-ring (bicyclic) bond motifs is 3. The summed E-state index contributed by atoms with van der Waals surface area (Å²) in [7, 11) is 3.34. The van der Waals surface area contributed by atoms with Crippen molar-refractivity contribution in [1.82, 2.24) is 19.5 Å². The second kappa shape index (κ2) is 6.60. The number of nitrogen functional groups attached to an aromatic ring is 1. The minimum atomic E-state index is -0.182. The van der Waals surface area contributed by atoms with E-state index in [1.807, 2.05) is 48.5 Å². The number of nitrogens with zero attached hydrogens (tertiary/aromatic N) is 4. The van der Waals surface area contributed by atoms with Crippen LogP contribution in [0.3, 0.4) is 0 Å². The minimum Gasteiger partial charge on any atom is -0.494 e. The molecule has 2 heterocycles. The lowest BCUT2D eigenvalue weighted by atomic mass is 10.2. The van der Waals surface area contributed by atoms with E-state index in [0.717, 1.165) is 10.9 Å². The van der Waals surface area contributed by atoms with Crippen molar-refractivity contribution < 1.29 is 9.53 Å². The minimum absolute atomic E-state index is 0.182. The molecule has 7 heteroatoms. The van der Waals surface area contributed by atoms with Crippen molar-refractivity contribution in [1.29, 1.82) is 0 Å². The molecule has 7 nitrogen and oxygen atoms in total. The molecule has 0 aliphatic heterocycles. The van der Waals surface area contributed by atoms with E-state index in [4.69, 9.17) is 10.5 Å². The fourth-order valence-electron chi connectivity index (χ4n) is 3.15. The summed E-state index contributed by atoms with van der Waals surface area (Å²) in [5.74, 6) is 0.640. The molecule has 0 saturated carbocycles. The first kappa shape index (κ1) is 16.8. The van der Waals surface area contributed by atoms with Gasteiger partial charge in [0.1, 0.15) is 11.3 Å². The molecule has 0 saturated heterocycles. The summed E-state index contributed by atoms with van der Waals surface area (Å²) < 4.78 is 6.86. The molecule has 0 atom stereocenters. The Hall–Kier alpha value is -3.61. The zero-order valence-electron chi connectivity index (χ0n) is 15.1. The highest BCUT2D eigenvalue weighted by atomic mass is 16.5. The van der Waals surface area contributed by atoms with Gasteiger partial charge in [0.15, 0.2) is 5.69 Å². The van der Waals surface area contributed by atoms with Gasteiger partial charge in [0.2, 0.25) is 5.95 Å². The van der Waals surface area contributed by atoms with Crippen molar-refractivity contribution >= 4 is 28.3 Å². The van der Waals surface area contributed by atoms with Crippen molar-refractivity contribution in [3.8, 4) is 5.75 Å². The molecule has 0 aliphatic carbocycles. The Labute approximate surface area is 156 Å². The van der Waals surface area contributed by atoms with Crippen LogP contribution in [0.2, 0.25) is 0 Å². The van der Waals surface area contributed by atoms with Gasteiger partial charge in [-0.15, -0.1) is 0 Å². The maximum absolute atomic E-state index is 12.9. The number of hydrogen-bond acceptors (Lipinski definition) is 5. The first-order valence-electron chi connectivity index (χ1n) is 8.50. The van der Waals surface area contributed by atoms with E-state index >= 15 is 0 Å². The third-order valence-corrected chi connectivity index (χ3v) is 4.48. The third kappa shape index (κ3) is 2.93. The van der Waals surface area contributed by atoms with E-state index in [9.17, 15) is 4.79 Å². The number of hydrogen-bond donors (Lipinski definition) is 1. The molecule has 4 aromatic rings. The molecule has 0 unspecified atom stereocenters. The van der Waals surface area contributed by atoms with E-state index in [2.05, 4.69) is 10.1 Å². The van der Waals surface area contributed by atoms with Gasteiger partial charge in [-0.25, -0.2) is 4.98 Å². The summed E-state index contributed by atoms with van der Waals surface area (Å²) in [4.78, 5) is 18.9. The number of anilines is 1. The quantitative estimate of drug-likeness (QED) is 0.604. The van der Waals surface area contributed by atoms with Crippen LogP contribution in [0.1, 0.15) is 16.1 Å². The molecule has 2 aromatic carbocycles. The van der Waals surface area contributed by atoms with Crippen LogP contribution < -0.4 is 10.5 Å². The molecule has 2 aromatic heterocycles. The summed E-state index contributed by atoms with van der Waals surface area (Å²) >= 11 is 0. The lowest BCUT2D eigenvalue weighted by Crippen LogP contribution is -2.26. The average Bonchev–Trinajstić information content (AvgIpc) is 3.14. The van der Waals surface area contributed by atoms with Gasteiger partial charge in [-0.3, -0.25) is 4.79 Å². The van der Waals surface area contributed by atoms with Crippen molar-refractivity contribution in [2.24, 2.45) is 0 Å². The van der Waals surface area contributed by atoms with E-state index in [0.29, 0.717) is 29.0 Å². The topological polar surface area (TPSA) is 85.7 Å². The van der Waals surface area contributed by atoms with Crippen molar-refractivity contribution in [2.45, 2.75) is 6.54 Å². The fraction of sp³-hybridized carbons (Fsp3) is 0.150. The Kier molecular flexibility index (Phi) is 4.12. The first-order valence-corrected chi connectivity index (χ1v) is 8.50. The lowest BCUT2D eigenvalue weighted by Gasteiger charge is -2.15. The molecule has 0 radical (unpaired) electrons. The number of rotatable bonds is 4. The Bertz CT molecular complexity index is 1140. The van der Waals surface area contributed by atoms with Crippen LogP contribution in [0.5, 0.6) is 5.75 Å². The maximum Gasteiger partial charge on any atom is 0.274 e. The molecule has 4 rings (SSSR count). The smallest absolute Gasteiger partial charge is 0.274 e. The molecule has 0 fully saturated rings. The van der Waals surface area contributed by atoms with E-state index < -0.39 is 0 Å². The maximum atomic E-state index is 12.9. The second-order valence-electron chi connectivity index (χ2n) is 6.30. The van der Waals surface area contributed by atoms with Crippen molar-refractivity contribution in [2.75, 3.05) is 19.9 Å². The third-order valence-electron chi connectivity index (χ3n) is 4.48. The largest absolute Gasteiger partial charge is 0.494 e. The van der Waals surface area contributed by atoms with Crippen LogP contribution in [0.4, 0.5) is 5.95 Å². The number of nitrogens with two attached hydrogens (primary N) is 1. The number of amides is 1. The summed E-state index contributed by atoms with van der Waals surface area (Å²) in [6.07, 6.45) is 0. The van der Waals surface area contributed by atoms with Gasteiger partial charge in [-0.1, -0.05) is 42.5 Å². The highest BCUT2D eigenvalue weighted by Crippen LogP contribution is 2.28. The van der Waals surface area contributed by atoms with Gasteiger partial charge in [0.05, 0.1) is 12.6 Å². The SMILES string of the molecule is COc1cccc2c1nc(N)n1nc(C(=O)N(C)Cc3ccccc3)cc21. The van der Waals surface area contributed by atoms with Crippen LogP contribution >= 0.6 is 0 Å². The standard InChI is InChI=1S/C20H19N5O2/c1-24(12-13-7-4-3-5-8-13)19(26)15-11-16-14-9-6-10-17(27-2)18(14)22-20(21)25(16)23-15/h3-11H,12H2,1-2H3,(H2,21,22). The monoisotopic (exact) mass is 361 g/mol. The molecule has 2 N–H and O–H groups in total. The van der Waals surface area contributed by atoms with Gasteiger partial charge in [-0.2, -0.15) is 9.61 Å². The number of carbonyl (C=O) groups excluding carboxylic acids is 1. The van der Waals surface area contributed by atoms with E-state index in [1.54, 1.807) is 25.1 Å². The Morgan fingerprint density at radius 3 is 2.70 bits per heavy atom. The number of benzene rings is 2. The van der Waals surface area contributed by atoms with Crippen molar-refractivity contribution in [3.63, 3.8) is 0 Å². The zero-order valence-corrected chi connectivity index (χ0v) is 15.1. The predicted octanol–water partition coefficient (Wildman–Crippen LogP) is 2.75. The number of carbonyl (C=O) groups is 1. The fourth-order valence-corrected chi connectivity index (χ4v) is 3.15. The number of para-hydroxylation sites is 1. The molecular formula is C20H19N5O2. The molecule has 0 spiro atoms.